The van der Waals surface area contributed by atoms with E-state index in [9.17, 15) is 9.59 Å². The molecule has 0 saturated carbocycles. The van der Waals surface area contributed by atoms with Gasteiger partial charge in [0.2, 0.25) is 0 Å². The van der Waals surface area contributed by atoms with Gasteiger partial charge in [-0.2, -0.15) is 0 Å². The second-order valence-corrected chi connectivity index (χ2v) is 6.99. The Kier molecular flexibility index (Phi) is 4.73. The summed E-state index contributed by atoms with van der Waals surface area (Å²) < 4.78 is 0. The minimum Gasteiger partial charge on any atom is -0.343 e. The van der Waals surface area contributed by atoms with Crippen LogP contribution >= 0.6 is 22.7 Å². The molecule has 2 aromatic heterocycles. The first-order valence-corrected chi connectivity index (χ1v) is 8.13. The first-order chi connectivity index (χ1) is 9.49. The van der Waals surface area contributed by atoms with Crippen molar-refractivity contribution in [1.82, 2.24) is 5.32 Å². The summed E-state index contributed by atoms with van der Waals surface area (Å²) in [4.78, 5) is 25.9. The smallest absolute Gasteiger partial charge is 0.261 e. The largest absolute Gasteiger partial charge is 0.343 e. The van der Waals surface area contributed by atoms with E-state index in [0.29, 0.717) is 15.7 Å². The van der Waals surface area contributed by atoms with Crippen molar-refractivity contribution < 1.29 is 9.59 Å². The quantitative estimate of drug-likeness (QED) is 0.844. The van der Waals surface area contributed by atoms with E-state index in [-0.39, 0.29) is 17.7 Å². The Bertz CT molecular complexity index is 599. The molecule has 0 aromatic carbocycles. The summed E-state index contributed by atoms with van der Waals surface area (Å²) in [5.74, 6) is 0.187. The summed E-state index contributed by atoms with van der Waals surface area (Å²) in [6.45, 7) is 5.68. The van der Waals surface area contributed by atoms with Crippen LogP contribution in [0.1, 0.15) is 51.0 Å². The van der Waals surface area contributed by atoms with Gasteiger partial charge in [-0.05, 0) is 36.4 Å². The summed E-state index contributed by atoms with van der Waals surface area (Å²) in [5.41, 5.74) is 0. The van der Waals surface area contributed by atoms with E-state index in [4.69, 9.17) is 0 Å². The Hall–Kier alpha value is -1.46. The van der Waals surface area contributed by atoms with Crippen LogP contribution in [0, 0.1) is 5.92 Å². The third-order valence-electron chi connectivity index (χ3n) is 2.98. The third-order valence-corrected chi connectivity index (χ3v) is 5.12. The minimum absolute atomic E-state index is 0.00498. The van der Waals surface area contributed by atoms with Crippen molar-refractivity contribution in [2.24, 2.45) is 5.92 Å². The monoisotopic (exact) mass is 307 g/mol. The van der Waals surface area contributed by atoms with Crippen molar-refractivity contribution in [1.29, 1.82) is 0 Å². The number of carbonyl (C=O) groups is 2. The molecule has 2 rings (SSSR count). The number of amides is 1. The Morgan fingerprint density at radius 2 is 1.85 bits per heavy atom. The predicted molar refractivity (Wildman–Crippen MR) is 83.7 cm³/mol. The number of Topliss-reactive ketones (excluding diaryl/α,β-unsaturated/α-hetero) is 1. The van der Waals surface area contributed by atoms with Crippen molar-refractivity contribution >= 4 is 34.4 Å². The number of nitrogens with one attached hydrogen (secondary N) is 1. The molecule has 0 radical (unpaired) electrons. The Labute approximate surface area is 126 Å². The molecule has 0 aliphatic rings. The van der Waals surface area contributed by atoms with Gasteiger partial charge in [-0.15, -0.1) is 22.7 Å². The molecule has 0 fully saturated rings. The van der Waals surface area contributed by atoms with Gasteiger partial charge >= 0.3 is 0 Å². The van der Waals surface area contributed by atoms with E-state index >= 15 is 0 Å². The van der Waals surface area contributed by atoms with Gasteiger partial charge in [-0.1, -0.05) is 19.9 Å². The van der Waals surface area contributed by atoms with Gasteiger partial charge in [0.05, 0.1) is 15.8 Å². The van der Waals surface area contributed by atoms with Crippen LogP contribution in [0.15, 0.2) is 29.6 Å². The topological polar surface area (TPSA) is 46.2 Å². The second-order valence-electron chi connectivity index (χ2n) is 4.93. The van der Waals surface area contributed by atoms with E-state index in [1.807, 2.05) is 17.5 Å². The summed E-state index contributed by atoms with van der Waals surface area (Å²) in [6.07, 6.45) is 0. The number of rotatable bonds is 5. The van der Waals surface area contributed by atoms with Gasteiger partial charge in [-0.3, -0.25) is 9.59 Å². The molecule has 1 atom stereocenters. The zero-order valence-electron chi connectivity index (χ0n) is 11.7. The summed E-state index contributed by atoms with van der Waals surface area (Å²) in [6, 6.07) is 7.44. The highest BCUT2D eigenvalue weighted by molar-refractivity contribution is 7.16. The lowest BCUT2D eigenvalue weighted by molar-refractivity contribution is 0.0930. The summed E-state index contributed by atoms with van der Waals surface area (Å²) >= 11 is 2.88. The lowest BCUT2D eigenvalue weighted by Gasteiger charge is -2.20. The Balaban J connectivity index is 2.14. The van der Waals surface area contributed by atoms with Crippen molar-refractivity contribution in [3.05, 3.63) is 44.3 Å². The fourth-order valence-corrected chi connectivity index (χ4v) is 3.65. The van der Waals surface area contributed by atoms with Crippen molar-refractivity contribution in [3.63, 3.8) is 0 Å². The molecule has 0 aliphatic heterocycles. The molecule has 20 heavy (non-hydrogen) atoms. The van der Waals surface area contributed by atoms with Gasteiger partial charge in [-0.25, -0.2) is 0 Å². The van der Waals surface area contributed by atoms with Crippen LogP contribution in [0.5, 0.6) is 0 Å². The van der Waals surface area contributed by atoms with Crippen LogP contribution in [-0.2, 0) is 0 Å². The summed E-state index contributed by atoms with van der Waals surface area (Å²) in [5, 5.41) is 5.07. The van der Waals surface area contributed by atoms with E-state index in [1.54, 1.807) is 23.5 Å². The fraction of sp³-hybridized carbons (Fsp3) is 0.333. The number of thiophene rings is 2. The number of hydrogen-bond donors (Lipinski definition) is 1. The summed E-state index contributed by atoms with van der Waals surface area (Å²) in [7, 11) is 0. The number of ketones is 1. The van der Waals surface area contributed by atoms with Crippen LogP contribution in [0.25, 0.3) is 0 Å². The molecule has 1 amide bonds. The lowest BCUT2D eigenvalue weighted by atomic mass is 10.0. The molecular weight excluding hydrogens is 290 g/mol. The highest BCUT2D eigenvalue weighted by atomic mass is 32.1. The second kappa shape index (κ2) is 6.33. The molecule has 0 unspecified atom stereocenters. The maximum atomic E-state index is 12.3. The van der Waals surface area contributed by atoms with Gasteiger partial charge in [0.1, 0.15) is 0 Å². The molecule has 0 bridgehead atoms. The first-order valence-electron chi connectivity index (χ1n) is 6.44. The molecule has 0 aliphatic carbocycles. The zero-order valence-corrected chi connectivity index (χ0v) is 13.3. The van der Waals surface area contributed by atoms with E-state index in [0.717, 1.165) is 4.88 Å². The molecule has 5 heteroatoms. The number of hydrogen-bond acceptors (Lipinski definition) is 4. The van der Waals surface area contributed by atoms with Gasteiger partial charge in [0.15, 0.2) is 5.78 Å². The van der Waals surface area contributed by atoms with Crippen LogP contribution in [0.2, 0.25) is 0 Å². The van der Waals surface area contributed by atoms with E-state index < -0.39 is 0 Å². The van der Waals surface area contributed by atoms with E-state index in [2.05, 4.69) is 19.2 Å². The minimum atomic E-state index is -0.116. The molecule has 2 aromatic rings. The predicted octanol–water partition coefficient (Wildman–Crippen LogP) is 4.14. The molecule has 2 heterocycles. The highest BCUT2D eigenvalue weighted by Crippen LogP contribution is 2.27. The average Bonchev–Trinajstić information content (AvgIpc) is 3.05. The van der Waals surface area contributed by atoms with Crippen LogP contribution in [0.3, 0.4) is 0 Å². The Morgan fingerprint density at radius 1 is 1.15 bits per heavy atom. The van der Waals surface area contributed by atoms with Gasteiger partial charge in [0.25, 0.3) is 5.91 Å². The molecule has 106 valence electrons. The highest BCUT2D eigenvalue weighted by Gasteiger charge is 2.21. The molecule has 3 nitrogen and oxygen atoms in total. The van der Waals surface area contributed by atoms with Crippen molar-refractivity contribution in [3.8, 4) is 0 Å². The number of carbonyl (C=O) groups excluding carboxylic acids is 2. The molecule has 0 saturated heterocycles. The van der Waals surface area contributed by atoms with Gasteiger partial charge in [0, 0.05) is 4.88 Å². The third kappa shape index (κ3) is 3.35. The van der Waals surface area contributed by atoms with Crippen LogP contribution in [-0.4, -0.2) is 11.7 Å². The standard InChI is InChI=1S/C15H17NO2S2/c1-9(2)14(12-5-4-8-19-12)16-15(18)13-7-6-11(20-13)10(3)17/h4-9,14H,1-3H3,(H,16,18)/t14-/m1/s1. The van der Waals surface area contributed by atoms with Gasteiger partial charge < -0.3 is 5.32 Å². The lowest BCUT2D eigenvalue weighted by Crippen LogP contribution is -2.30. The SMILES string of the molecule is CC(=O)c1ccc(C(=O)N[C@@H](c2cccs2)C(C)C)s1. The fourth-order valence-electron chi connectivity index (χ4n) is 1.90. The normalized spacial score (nSPS) is 12.4. The van der Waals surface area contributed by atoms with Crippen molar-refractivity contribution in [2.75, 3.05) is 0 Å². The first kappa shape index (κ1) is 14.9. The molecular formula is C15H17NO2S2. The average molecular weight is 307 g/mol. The zero-order chi connectivity index (χ0) is 14.7. The molecule has 0 spiro atoms. The maximum absolute atomic E-state index is 12.3. The van der Waals surface area contributed by atoms with E-state index in [1.165, 1.54) is 18.3 Å². The van der Waals surface area contributed by atoms with Crippen LogP contribution in [0.4, 0.5) is 0 Å². The maximum Gasteiger partial charge on any atom is 0.261 e. The molecule has 1 N–H and O–H groups in total. The van der Waals surface area contributed by atoms with Crippen LogP contribution < -0.4 is 5.32 Å². The Morgan fingerprint density at radius 3 is 2.35 bits per heavy atom. The van der Waals surface area contributed by atoms with Crippen molar-refractivity contribution in [2.45, 2.75) is 26.8 Å².